The first-order chi connectivity index (χ1) is 14.0. The third-order valence-corrected chi connectivity index (χ3v) is 5.31. The van der Waals surface area contributed by atoms with Crippen molar-refractivity contribution in [2.24, 2.45) is 0 Å². The zero-order valence-electron chi connectivity index (χ0n) is 17.1. The molecule has 0 radical (unpaired) electrons. The fourth-order valence-electron chi connectivity index (χ4n) is 3.68. The lowest BCUT2D eigenvalue weighted by Gasteiger charge is -2.19. The van der Waals surface area contributed by atoms with Crippen molar-refractivity contribution >= 4 is 28.5 Å². The molecular formula is C23H26N4O2. The number of hydrogen-bond acceptors (Lipinski definition) is 5. The Hall–Kier alpha value is -3.15. The summed E-state index contributed by atoms with van der Waals surface area (Å²) < 4.78 is 5.65. The molecule has 0 saturated carbocycles. The molecule has 1 atom stereocenters. The van der Waals surface area contributed by atoms with Crippen molar-refractivity contribution in [1.82, 2.24) is 9.97 Å². The molecule has 1 fully saturated rings. The Morgan fingerprint density at radius 1 is 1.17 bits per heavy atom. The van der Waals surface area contributed by atoms with Gasteiger partial charge in [0.05, 0.1) is 12.1 Å². The van der Waals surface area contributed by atoms with Crippen LogP contribution in [0.4, 0.5) is 16.3 Å². The van der Waals surface area contributed by atoms with Gasteiger partial charge in [0, 0.05) is 24.0 Å². The Bertz CT molecular complexity index is 1020. The van der Waals surface area contributed by atoms with Crippen LogP contribution in [0.3, 0.4) is 0 Å². The van der Waals surface area contributed by atoms with Gasteiger partial charge in [0.2, 0.25) is 0 Å². The van der Waals surface area contributed by atoms with E-state index in [0.29, 0.717) is 12.5 Å². The maximum absolute atomic E-state index is 12.3. The number of ether oxygens (including phenoxy) is 1. The molecule has 0 spiro atoms. The second-order valence-corrected chi connectivity index (χ2v) is 7.88. The van der Waals surface area contributed by atoms with E-state index in [1.807, 2.05) is 36.4 Å². The lowest BCUT2D eigenvalue weighted by atomic mass is 10.0. The molecule has 150 valence electrons. The number of anilines is 2. The molecule has 3 aromatic rings. The van der Waals surface area contributed by atoms with Gasteiger partial charge in [-0.15, -0.1) is 0 Å². The van der Waals surface area contributed by atoms with Crippen LogP contribution >= 0.6 is 0 Å². The van der Waals surface area contributed by atoms with Crippen LogP contribution in [0.15, 0.2) is 48.8 Å². The van der Waals surface area contributed by atoms with E-state index >= 15 is 0 Å². The molecule has 6 heteroatoms. The number of rotatable bonds is 4. The predicted octanol–water partition coefficient (Wildman–Crippen LogP) is 4.89. The van der Waals surface area contributed by atoms with E-state index in [4.69, 9.17) is 4.74 Å². The van der Waals surface area contributed by atoms with Gasteiger partial charge in [0.15, 0.2) is 0 Å². The molecule has 1 unspecified atom stereocenters. The van der Waals surface area contributed by atoms with Crippen LogP contribution in [0.5, 0.6) is 0 Å². The van der Waals surface area contributed by atoms with Crippen molar-refractivity contribution in [2.45, 2.75) is 39.2 Å². The normalized spacial score (nSPS) is 16.4. The molecule has 1 aromatic heterocycles. The first-order valence-electron chi connectivity index (χ1n) is 10.0. The van der Waals surface area contributed by atoms with Crippen molar-refractivity contribution < 1.29 is 9.53 Å². The number of carbonyl (C=O) groups excluding carboxylic acids is 1. The SMILES string of the molecule is Cc1ccc2ncnc(N3CCC(OC(=O)Nc4ccc(C(C)C)cc4)C3)c2c1. The minimum atomic E-state index is -0.419. The summed E-state index contributed by atoms with van der Waals surface area (Å²) in [6.45, 7) is 7.76. The van der Waals surface area contributed by atoms with Crippen molar-refractivity contribution in [3.05, 3.63) is 59.9 Å². The molecule has 1 aliphatic rings. The summed E-state index contributed by atoms with van der Waals surface area (Å²) in [5.41, 5.74) is 4.07. The third kappa shape index (κ3) is 4.31. The van der Waals surface area contributed by atoms with Crippen molar-refractivity contribution in [3.8, 4) is 0 Å². The van der Waals surface area contributed by atoms with Gasteiger partial charge in [-0.25, -0.2) is 14.8 Å². The predicted molar refractivity (Wildman–Crippen MR) is 116 cm³/mol. The Morgan fingerprint density at radius 3 is 2.72 bits per heavy atom. The van der Waals surface area contributed by atoms with Crippen LogP contribution in [0.25, 0.3) is 10.9 Å². The van der Waals surface area contributed by atoms with Crippen LogP contribution in [-0.4, -0.2) is 35.3 Å². The number of benzene rings is 2. The Balaban J connectivity index is 1.39. The van der Waals surface area contributed by atoms with Gasteiger partial charge >= 0.3 is 6.09 Å². The highest BCUT2D eigenvalue weighted by Crippen LogP contribution is 2.27. The molecule has 6 nitrogen and oxygen atoms in total. The molecule has 2 heterocycles. The third-order valence-electron chi connectivity index (χ3n) is 5.31. The fourth-order valence-corrected chi connectivity index (χ4v) is 3.68. The van der Waals surface area contributed by atoms with Gasteiger partial charge in [-0.2, -0.15) is 0 Å². The van der Waals surface area contributed by atoms with Crippen molar-refractivity contribution in [3.63, 3.8) is 0 Å². The number of fused-ring (bicyclic) bond motifs is 1. The summed E-state index contributed by atoms with van der Waals surface area (Å²) in [6.07, 6.45) is 1.78. The zero-order valence-corrected chi connectivity index (χ0v) is 17.1. The van der Waals surface area contributed by atoms with Gasteiger partial charge in [0.1, 0.15) is 18.2 Å². The van der Waals surface area contributed by atoms with E-state index in [1.54, 1.807) is 6.33 Å². The molecule has 29 heavy (non-hydrogen) atoms. The molecule has 0 bridgehead atoms. The largest absolute Gasteiger partial charge is 0.444 e. The molecule has 4 rings (SSSR count). The van der Waals surface area contributed by atoms with E-state index in [-0.39, 0.29) is 6.10 Å². The molecule has 1 aliphatic heterocycles. The number of carbonyl (C=O) groups is 1. The molecule has 1 saturated heterocycles. The molecule has 1 N–H and O–H groups in total. The maximum Gasteiger partial charge on any atom is 0.411 e. The quantitative estimate of drug-likeness (QED) is 0.687. The Morgan fingerprint density at radius 2 is 1.97 bits per heavy atom. The second kappa shape index (κ2) is 8.07. The highest BCUT2D eigenvalue weighted by atomic mass is 16.6. The van der Waals surface area contributed by atoms with E-state index in [2.05, 4.69) is 47.0 Å². The summed E-state index contributed by atoms with van der Waals surface area (Å²) in [5, 5.41) is 3.85. The second-order valence-electron chi connectivity index (χ2n) is 7.88. The maximum atomic E-state index is 12.3. The van der Waals surface area contributed by atoms with Crippen LogP contribution in [0.2, 0.25) is 0 Å². The van der Waals surface area contributed by atoms with E-state index < -0.39 is 6.09 Å². The Kier molecular flexibility index (Phi) is 5.34. The van der Waals surface area contributed by atoms with E-state index in [1.165, 1.54) is 11.1 Å². The summed E-state index contributed by atoms with van der Waals surface area (Å²) in [5.74, 6) is 1.36. The number of amides is 1. The summed E-state index contributed by atoms with van der Waals surface area (Å²) in [6, 6.07) is 14.0. The van der Waals surface area contributed by atoms with Gasteiger partial charge in [-0.3, -0.25) is 5.32 Å². The van der Waals surface area contributed by atoms with Crippen LogP contribution in [0, 0.1) is 6.92 Å². The highest BCUT2D eigenvalue weighted by Gasteiger charge is 2.27. The van der Waals surface area contributed by atoms with Gasteiger partial charge in [-0.1, -0.05) is 37.6 Å². The number of aromatic nitrogens is 2. The summed E-state index contributed by atoms with van der Waals surface area (Å²) in [7, 11) is 0. The standard InChI is InChI=1S/C23H26N4O2/c1-15(2)17-5-7-18(8-6-17)26-23(28)29-19-10-11-27(13-19)22-20-12-16(3)4-9-21(20)24-14-25-22/h4-9,12,14-15,19H,10-11,13H2,1-3H3,(H,26,28). The van der Waals surface area contributed by atoms with E-state index in [9.17, 15) is 4.79 Å². The molecule has 0 aliphatic carbocycles. The minimum Gasteiger partial charge on any atom is -0.444 e. The van der Waals surface area contributed by atoms with Crippen molar-refractivity contribution in [2.75, 3.05) is 23.3 Å². The number of nitrogens with one attached hydrogen (secondary N) is 1. The first kappa shape index (κ1) is 19.2. The lowest BCUT2D eigenvalue weighted by molar-refractivity contribution is 0.122. The highest BCUT2D eigenvalue weighted by molar-refractivity contribution is 5.90. The number of hydrogen-bond donors (Lipinski definition) is 1. The van der Waals surface area contributed by atoms with Crippen LogP contribution < -0.4 is 10.2 Å². The first-order valence-corrected chi connectivity index (χ1v) is 10.0. The fraction of sp³-hybridized carbons (Fsp3) is 0.348. The average molecular weight is 390 g/mol. The monoisotopic (exact) mass is 390 g/mol. The van der Waals surface area contributed by atoms with Crippen molar-refractivity contribution in [1.29, 1.82) is 0 Å². The van der Waals surface area contributed by atoms with E-state index in [0.717, 1.165) is 35.4 Å². The number of aryl methyl sites for hydroxylation is 1. The molecule has 2 aromatic carbocycles. The van der Waals surface area contributed by atoms with Gasteiger partial charge in [-0.05, 0) is 42.7 Å². The molecule has 1 amide bonds. The number of nitrogens with zero attached hydrogens (tertiary/aromatic N) is 3. The summed E-state index contributed by atoms with van der Waals surface area (Å²) in [4.78, 5) is 23.3. The Labute approximate surface area is 170 Å². The molecular weight excluding hydrogens is 364 g/mol. The topological polar surface area (TPSA) is 67.3 Å². The van der Waals surface area contributed by atoms with Crippen LogP contribution in [-0.2, 0) is 4.74 Å². The zero-order chi connectivity index (χ0) is 20.4. The minimum absolute atomic E-state index is 0.167. The lowest BCUT2D eigenvalue weighted by Crippen LogP contribution is -2.27. The smallest absolute Gasteiger partial charge is 0.411 e. The van der Waals surface area contributed by atoms with Gasteiger partial charge < -0.3 is 9.64 Å². The van der Waals surface area contributed by atoms with Crippen LogP contribution in [0.1, 0.15) is 37.3 Å². The average Bonchev–Trinajstić information content (AvgIpc) is 3.16. The summed E-state index contributed by atoms with van der Waals surface area (Å²) >= 11 is 0. The van der Waals surface area contributed by atoms with Gasteiger partial charge in [0.25, 0.3) is 0 Å².